The van der Waals surface area contributed by atoms with Gasteiger partial charge in [0.1, 0.15) is 0 Å². The summed E-state index contributed by atoms with van der Waals surface area (Å²) in [6.45, 7) is 1.71. The van der Waals surface area contributed by atoms with Crippen LogP contribution in [0.5, 0.6) is 0 Å². The Bertz CT molecular complexity index is 765. The monoisotopic (exact) mass is 254 g/mol. The summed E-state index contributed by atoms with van der Waals surface area (Å²) >= 11 is 0. The van der Waals surface area contributed by atoms with Gasteiger partial charge in [0.2, 0.25) is 0 Å². The number of aryl methyl sites for hydroxylation is 1. The van der Waals surface area contributed by atoms with Crippen LogP contribution in [-0.4, -0.2) is 30.7 Å². The summed E-state index contributed by atoms with van der Waals surface area (Å²) in [4.78, 5) is 19.1. The number of pyridine rings is 1. The lowest BCUT2D eigenvalue weighted by Gasteiger charge is -2.01. The highest BCUT2D eigenvalue weighted by Crippen LogP contribution is 2.19. The van der Waals surface area contributed by atoms with E-state index < -0.39 is 5.97 Å². The van der Waals surface area contributed by atoms with Crippen LogP contribution >= 0.6 is 0 Å². The fourth-order valence-corrected chi connectivity index (χ4v) is 1.92. The molecule has 0 unspecified atom stereocenters. The van der Waals surface area contributed by atoms with E-state index in [1.54, 1.807) is 23.8 Å². The Morgan fingerprint density at radius 2 is 2.05 bits per heavy atom. The van der Waals surface area contributed by atoms with Crippen LogP contribution in [0.2, 0.25) is 0 Å². The maximum Gasteiger partial charge on any atom is 0.339 e. The van der Waals surface area contributed by atoms with E-state index in [-0.39, 0.29) is 5.56 Å². The van der Waals surface area contributed by atoms with Crippen LogP contribution in [0.15, 0.2) is 36.8 Å². The first-order valence-corrected chi connectivity index (χ1v) is 5.66. The third-order valence-electron chi connectivity index (χ3n) is 2.93. The fourth-order valence-electron chi connectivity index (χ4n) is 1.92. The van der Waals surface area contributed by atoms with Gasteiger partial charge in [0.15, 0.2) is 5.65 Å². The van der Waals surface area contributed by atoms with Gasteiger partial charge in [0, 0.05) is 30.2 Å². The molecule has 0 aliphatic rings. The first kappa shape index (κ1) is 11.3. The minimum Gasteiger partial charge on any atom is -0.478 e. The van der Waals surface area contributed by atoms with Crippen molar-refractivity contribution in [3.05, 3.63) is 48.0 Å². The predicted molar refractivity (Wildman–Crippen MR) is 67.9 cm³/mol. The molecule has 0 radical (unpaired) electrons. The molecule has 1 N–H and O–H groups in total. The Labute approximate surface area is 108 Å². The Morgan fingerprint density at radius 3 is 2.74 bits per heavy atom. The average Bonchev–Trinajstić information content (AvgIpc) is 2.85. The number of hydrogen-bond donors (Lipinski definition) is 1. The summed E-state index contributed by atoms with van der Waals surface area (Å²) in [7, 11) is 0. The van der Waals surface area contributed by atoms with E-state index in [1.807, 2.05) is 18.2 Å². The Balaban J connectivity index is 2.22. The van der Waals surface area contributed by atoms with Gasteiger partial charge in [0.25, 0.3) is 0 Å². The minimum absolute atomic E-state index is 0.150. The summed E-state index contributed by atoms with van der Waals surface area (Å²) in [6, 6.07) is 5.50. The first-order valence-electron chi connectivity index (χ1n) is 5.66. The maximum atomic E-state index is 11.1. The smallest absolute Gasteiger partial charge is 0.339 e. The van der Waals surface area contributed by atoms with Gasteiger partial charge >= 0.3 is 5.97 Å². The van der Waals surface area contributed by atoms with Crippen molar-refractivity contribution in [3.8, 4) is 11.3 Å². The van der Waals surface area contributed by atoms with Crippen LogP contribution in [0.1, 0.15) is 16.1 Å². The van der Waals surface area contributed by atoms with Crippen molar-refractivity contribution in [2.45, 2.75) is 6.92 Å². The molecule has 0 aliphatic carbocycles. The molecule has 0 amide bonds. The third-order valence-corrected chi connectivity index (χ3v) is 2.93. The van der Waals surface area contributed by atoms with Crippen LogP contribution in [-0.2, 0) is 0 Å². The van der Waals surface area contributed by atoms with E-state index in [0.29, 0.717) is 11.3 Å². The quantitative estimate of drug-likeness (QED) is 0.754. The molecule has 0 fully saturated rings. The topological polar surface area (TPSA) is 80.4 Å². The fraction of sp³-hybridized carbons (Fsp3) is 0.0769. The lowest BCUT2D eigenvalue weighted by molar-refractivity contribution is 0.0695. The number of nitrogens with zero attached hydrogens (tertiary/aromatic N) is 4. The zero-order valence-corrected chi connectivity index (χ0v) is 10.1. The summed E-state index contributed by atoms with van der Waals surface area (Å²) in [5, 5.41) is 13.4. The van der Waals surface area contributed by atoms with Crippen molar-refractivity contribution in [3.63, 3.8) is 0 Å². The average molecular weight is 254 g/mol. The number of hydrogen-bond acceptors (Lipinski definition) is 4. The van der Waals surface area contributed by atoms with Crippen molar-refractivity contribution < 1.29 is 9.90 Å². The second-order valence-electron chi connectivity index (χ2n) is 4.10. The van der Waals surface area contributed by atoms with Gasteiger partial charge in [-0.25, -0.2) is 14.3 Å². The van der Waals surface area contributed by atoms with Gasteiger partial charge in [-0.1, -0.05) is 0 Å². The van der Waals surface area contributed by atoms with Crippen LogP contribution in [0.4, 0.5) is 0 Å². The first-order chi connectivity index (χ1) is 9.16. The van der Waals surface area contributed by atoms with Crippen molar-refractivity contribution in [1.82, 2.24) is 19.6 Å². The number of fused-ring (bicyclic) bond motifs is 1. The molecule has 3 heterocycles. The molecule has 3 aromatic heterocycles. The van der Waals surface area contributed by atoms with Crippen molar-refractivity contribution in [1.29, 1.82) is 0 Å². The van der Waals surface area contributed by atoms with Gasteiger partial charge in [-0.15, -0.1) is 0 Å². The molecule has 0 saturated carbocycles. The molecule has 6 heteroatoms. The SMILES string of the molecule is Cc1c(C(=O)O)cnc2cc(-c3ccncc3)nn12. The molecule has 0 saturated heterocycles. The van der Waals surface area contributed by atoms with E-state index in [1.165, 1.54) is 6.20 Å². The number of carboxylic acids is 1. The van der Waals surface area contributed by atoms with Crippen molar-refractivity contribution >= 4 is 11.6 Å². The van der Waals surface area contributed by atoms with E-state index >= 15 is 0 Å². The number of aromatic carboxylic acids is 1. The summed E-state index contributed by atoms with van der Waals surface area (Å²) in [5.74, 6) is -1.01. The third kappa shape index (κ3) is 1.83. The number of carboxylic acid groups (broad SMARTS) is 1. The van der Waals surface area contributed by atoms with E-state index in [4.69, 9.17) is 5.11 Å². The standard InChI is InChI=1S/C13H10N4O2/c1-8-10(13(18)19)7-15-12-6-11(16-17(8)12)9-2-4-14-5-3-9/h2-7H,1H3,(H,18,19). The molecule has 0 spiro atoms. The van der Waals surface area contributed by atoms with Crippen molar-refractivity contribution in [2.24, 2.45) is 0 Å². The second-order valence-corrected chi connectivity index (χ2v) is 4.10. The molecule has 0 aliphatic heterocycles. The second kappa shape index (κ2) is 4.16. The summed E-state index contributed by atoms with van der Waals surface area (Å²) in [6.07, 6.45) is 4.72. The van der Waals surface area contributed by atoms with Crippen LogP contribution in [0.25, 0.3) is 16.9 Å². The summed E-state index contributed by atoms with van der Waals surface area (Å²) in [5.41, 5.74) is 2.97. The summed E-state index contributed by atoms with van der Waals surface area (Å²) < 4.78 is 1.54. The van der Waals surface area contributed by atoms with E-state index in [9.17, 15) is 4.79 Å². The van der Waals surface area contributed by atoms with Crippen LogP contribution in [0, 0.1) is 6.92 Å². The van der Waals surface area contributed by atoms with Crippen LogP contribution < -0.4 is 0 Å². The van der Waals surface area contributed by atoms with Gasteiger partial charge in [-0.3, -0.25) is 4.98 Å². The zero-order chi connectivity index (χ0) is 13.4. The Hall–Kier alpha value is -2.76. The molecule has 0 bridgehead atoms. The minimum atomic E-state index is -1.01. The molecule has 0 aromatic carbocycles. The molecule has 3 aromatic rings. The molecule has 6 nitrogen and oxygen atoms in total. The molecular formula is C13H10N4O2. The lowest BCUT2D eigenvalue weighted by atomic mass is 10.2. The van der Waals surface area contributed by atoms with Gasteiger partial charge in [0.05, 0.1) is 17.0 Å². The van der Waals surface area contributed by atoms with Gasteiger partial charge in [-0.2, -0.15) is 5.10 Å². The molecule has 19 heavy (non-hydrogen) atoms. The molecular weight excluding hydrogens is 244 g/mol. The van der Waals surface area contributed by atoms with E-state index in [0.717, 1.165) is 11.3 Å². The van der Waals surface area contributed by atoms with Gasteiger partial charge in [-0.05, 0) is 19.1 Å². The number of rotatable bonds is 2. The molecule has 3 rings (SSSR count). The lowest BCUT2D eigenvalue weighted by Crippen LogP contribution is -2.06. The predicted octanol–water partition coefficient (Wildman–Crippen LogP) is 1.80. The highest BCUT2D eigenvalue weighted by molar-refractivity contribution is 5.88. The largest absolute Gasteiger partial charge is 0.478 e. The highest BCUT2D eigenvalue weighted by atomic mass is 16.4. The molecule has 0 atom stereocenters. The maximum absolute atomic E-state index is 11.1. The van der Waals surface area contributed by atoms with E-state index in [2.05, 4.69) is 15.1 Å². The zero-order valence-electron chi connectivity index (χ0n) is 10.1. The van der Waals surface area contributed by atoms with Gasteiger partial charge < -0.3 is 5.11 Å². The Morgan fingerprint density at radius 1 is 1.32 bits per heavy atom. The van der Waals surface area contributed by atoms with Crippen LogP contribution in [0.3, 0.4) is 0 Å². The number of aromatic nitrogens is 4. The Kier molecular flexibility index (Phi) is 2.49. The number of carbonyl (C=O) groups is 1. The normalized spacial score (nSPS) is 10.8. The van der Waals surface area contributed by atoms with Crippen molar-refractivity contribution in [2.75, 3.05) is 0 Å². The molecule has 94 valence electrons. The highest BCUT2D eigenvalue weighted by Gasteiger charge is 2.13.